The molecule has 0 bridgehead atoms. The molecule has 18 heavy (non-hydrogen) atoms. The molecule has 0 saturated heterocycles. The molecule has 1 saturated carbocycles. The third-order valence-electron chi connectivity index (χ3n) is 4.81. The predicted octanol–water partition coefficient (Wildman–Crippen LogP) is 4.13. The molecular formula is C17H27N. The van der Waals surface area contributed by atoms with Gasteiger partial charge in [-0.05, 0) is 37.3 Å². The lowest BCUT2D eigenvalue weighted by molar-refractivity contribution is 0.250. The summed E-state index contributed by atoms with van der Waals surface area (Å²) in [4.78, 5) is 0. The third kappa shape index (κ3) is 2.61. The lowest BCUT2D eigenvalue weighted by atomic mass is 9.67. The maximum absolute atomic E-state index is 3.62. The van der Waals surface area contributed by atoms with Crippen LogP contribution in [0.25, 0.3) is 0 Å². The van der Waals surface area contributed by atoms with Crippen molar-refractivity contribution in [3.05, 3.63) is 35.9 Å². The molecule has 1 N–H and O–H groups in total. The Morgan fingerprint density at radius 2 is 1.78 bits per heavy atom. The fourth-order valence-electron chi connectivity index (χ4n) is 3.70. The molecule has 0 aromatic heterocycles. The quantitative estimate of drug-likeness (QED) is 0.794. The van der Waals surface area contributed by atoms with Crippen LogP contribution >= 0.6 is 0 Å². The highest BCUT2D eigenvalue weighted by Gasteiger charge is 2.39. The second-order valence-corrected chi connectivity index (χ2v) is 5.64. The van der Waals surface area contributed by atoms with Crippen molar-refractivity contribution in [2.45, 2.75) is 51.4 Å². The second kappa shape index (κ2) is 6.38. The molecule has 0 spiro atoms. The summed E-state index contributed by atoms with van der Waals surface area (Å²) in [5.74, 6) is 0.865. The van der Waals surface area contributed by atoms with Gasteiger partial charge in [0, 0.05) is 12.0 Å². The first-order valence-electron chi connectivity index (χ1n) is 7.59. The topological polar surface area (TPSA) is 12.0 Å². The zero-order chi connectivity index (χ0) is 12.8. The monoisotopic (exact) mass is 245 g/mol. The van der Waals surface area contributed by atoms with Crippen molar-refractivity contribution >= 4 is 0 Å². The molecule has 1 aliphatic carbocycles. The standard InChI is InChI=1S/C17H27N/c1-3-17(14-18-4-2,16-12-8-9-13-16)15-10-6-5-7-11-15/h5-7,10-11,16,18H,3-4,8-9,12-14H2,1-2H3. The van der Waals surface area contributed by atoms with Crippen LogP contribution in [0.5, 0.6) is 0 Å². The summed E-state index contributed by atoms with van der Waals surface area (Å²) in [5.41, 5.74) is 1.90. The van der Waals surface area contributed by atoms with Gasteiger partial charge in [-0.15, -0.1) is 0 Å². The fraction of sp³-hybridized carbons (Fsp3) is 0.647. The molecule has 1 aromatic rings. The van der Waals surface area contributed by atoms with Gasteiger partial charge in [0.2, 0.25) is 0 Å². The predicted molar refractivity (Wildman–Crippen MR) is 78.9 cm³/mol. The highest BCUT2D eigenvalue weighted by molar-refractivity contribution is 5.27. The van der Waals surface area contributed by atoms with E-state index >= 15 is 0 Å². The number of rotatable bonds is 6. The van der Waals surface area contributed by atoms with Gasteiger partial charge in [-0.25, -0.2) is 0 Å². The molecule has 1 atom stereocenters. The van der Waals surface area contributed by atoms with Gasteiger partial charge in [-0.3, -0.25) is 0 Å². The van der Waals surface area contributed by atoms with Gasteiger partial charge in [-0.2, -0.15) is 0 Å². The van der Waals surface area contributed by atoms with Crippen molar-refractivity contribution in [2.24, 2.45) is 5.92 Å². The molecule has 0 aliphatic heterocycles. The van der Waals surface area contributed by atoms with Crippen LogP contribution in [0.1, 0.15) is 51.5 Å². The van der Waals surface area contributed by atoms with Crippen molar-refractivity contribution in [1.82, 2.24) is 5.32 Å². The van der Waals surface area contributed by atoms with Crippen LogP contribution in [0.2, 0.25) is 0 Å². The van der Waals surface area contributed by atoms with E-state index in [4.69, 9.17) is 0 Å². The molecule has 1 fully saturated rings. The number of nitrogens with one attached hydrogen (secondary N) is 1. The van der Waals surface area contributed by atoms with Crippen LogP contribution < -0.4 is 5.32 Å². The van der Waals surface area contributed by atoms with E-state index in [1.165, 1.54) is 32.1 Å². The average molecular weight is 245 g/mol. The van der Waals surface area contributed by atoms with E-state index in [1.54, 1.807) is 5.56 Å². The molecule has 1 aliphatic rings. The van der Waals surface area contributed by atoms with Crippen molar-refractivity contribution in [3.63, 3.8) is 0 Å². The summed E-state index contributed by atoms with van der Waals surface area (Å²) in [6.45, 7) is 6.78. The summed E-state index contributed by atoms with van der Waals surface area (Å²) in [5, 5.41) is 3.62. The third-order valence-corrected chi connectivity index (χ3v) is 4.81. The molecule has 1 nitrogen and oxygen atoms in total. The largest absolute Gasteiger partial charge is 0.316 e. The highest BCUT2D eigenvalue weighted by atomic mass is 14.9. The number of hydrogen-bond donors (Lipinski definition) is 1. The maximum Gasteiger partial charge on any atom is 0.0103 e. The Morgan fingerprint density at radius 3 is 2.33 bits per heavy atom. The van der Waals surface area contributed by atoms with Crippen molar-refractivity contribution in [2.75, 3.05) is 13.1 Å². The molecule has 0 heterocycles. The molecule has 0 amide bonds. The molecule has 0 radical (unpaired) electrons. The molecule has 1 unspecified atom stereocenters. The Balaban J connectivity index is 2.30. The minimum absolute atomic E-state index is 0.355. The first-order valence-corrected chi connectivity index (χ1v) is 7.59. The summed E-state index contributed by atoms with van der Waals surface area (Å²) >= 11 is 0. The molecular weight excluding hydrogens is 218 g/mol. The van der Waals surface area contributed by atoms with Crippen LogP contribution in [-0.2, 0) is 5.41 Å². The van der Waals surface area contributed by atoms with Gasteiger partial charge in [0.25, 0.3) is 0 Å². The smallest absolute Gasteiger partial charge is 0.0103 e. The van der Waals surface area contributed by atoms with Crippen molar-refractivity contribution < 1.29 is 0 Å². The highest BCUT2D eigenvalue weighted by Crippen LogP contribution is 2.44. The minimum Gasteiger partial charge on any atom is -0.316 e. The normalized spacial score (nSPS) is 19.9. The van der Waals surface area contributed by atoms with Gasteiger partial charge < -0.3 is 5.32 Å². The Bertz CT molecular complexity index is 340. The lowest BCUT2D eigenvalue weighted by Crippen LogP contribution is -2.43. The van der Waals surface area contributed by atoms with Gasteiger partial charge in [0.15, 0.2) is 0 Å². The maximum atomic E-state index is 3.62. The van der Waals surface area contributed by atoms with Gasteiger partial charge in [-0.1, -0.05) is 57.0 Å². The molecule has 100 valence electrons. The van der Waals surface area contributed by atoms with E-state index in [9.17, 15) is 0 Å². The van der Waals surface area contributed by atoms with Crippen LogP contribution in [0.3, 0.4) is 0 Å². The van der Waals surface area contributed by atoms with E-state index in [1.807, 2.05) is 0 Å². The molecule has 1 aromatic carbocycles. The molecule has 2 rings (SSSR count). The first-order chi connectivity index (χ1) is 8.83. The van der Waals surface area contributed by atoms with E-state index in [0.29, 0.717) is 5.41 Å². The fourth-order valence-corrected chi connectivity index (χ4v) is 3.70. The Hall–Kier alpha value is -0.820. The van der Waals surface area contributed by atoms with E-state index in [0.717, 1.165) is 19.0 Å². The van der Waals surface area contributed by atoms with Crippen LogP contribution in [0, 0.1) is 5.92 Å². The summed E-state index contributed by atoms with van der Waals surface area (Å²) < 4.78 is 0. The summed E-state index contributed by atoms with van der Waals surface area (Å²) in [7, 11) is 0. The van der Waals surface area contributed by atoms with E-state index in [2.05, 4.69) is 49.5 Å². The molecule has 1 heteroatoms. The average Bonchev–Trinajstić information content (AvgIpc) is 2.96. The van der Waals surface area contributed by atoms with E-state index < -0.39 is 0 Å². The summed E-state index contributed by atoms with van der Waals surface area (Å²) in [6, 6.07) is 11.2. The number of likely N-dealkylation sites (N-methyl/N-ethyl adjacent to an activating group) is 1. The minimum atomic E-state index is 0.355. The van der Waals surface area contributed by atoms with Crippen LogP contribution in [0.15, 0.2) is 30.3 Å². The van der Waals surface area contributed by atoms with Crippen LogP contribution in [-0.4, -0.2) is 13.1 Å². The van der Waals surface area contributed by atoms with Crippen molar-refractivity contribution in [3.8, 4) is 0 Å². The van der Waals surface area contributed by atoms with Crippen molar-refractivity contribution in [1.29, 1.82) is 0 Å². The Kier molecular flexibility index (Phi) is 4.82. The lowest BCUT2D eigenvalue weighted by Gasteiger charge is -2.39. The van der Waals surface area contributed by atoms with Gasteiger partial charge >= 0.3 is 0 Å². The Labute approximate surface area is 112 Å². The first kappa shape index (κ1) is 13.6. The zero-order valence-corrected chi connectivity index (χ0v) is 11.9. The van der Waals surface area contributed by atoms with Gasteiger partial charge in [0.05, 0.1) is 0 Å². The number of benzene rings is 1. The Morgan fingerprint density at radius 1 is 1.11 bits per heavy atom. The van der Waals surface area contributed by atoms with E-state index in [-0.39, 0.29) is 0 Å². The van der Waals surface area contributed by atoms with Crippen LogP contribution in [0.4, 0.5) is 0 Å². The zero-order valence-electron chi connectivity index (χ0n) is 11.9. The SMILES string of the molecule is CCNCC(CC)(c1ccccc1)C1CCCC1. The summed E-state index contributed by atoms with van der Waals surface area (Å²) in [6.07, 6.45) is 6.91. The second-order valence-electron chi connectivity index (χ2n) is 5.64. The van der Waals surface area contributed by atoms with Gasteiger partial charge in [0.1, 0.15) is 0 Å². The number of hydrogen-bond acceptors (Lipinski definition) is 1.